The SMILES string of the molecule is CCOC(=O)C1(N)CCCC1C(=O)CN. The number of esters is 1. The summed E-state index contributed by atoms with van der Waals surface area (Å²) in [7, 11) is 0. The zero-order valence-electron chi connectivity index (χ0n) is 8.99. The van der Waals surface area contributed by atoms with E-state index < -0.39 is 17.4 Å². The Labute approximate surface area is 89.1 Å². The molecule has 1 fully saturated rings. The first kappa shape index (κ1) is 12.1. The third-order valence-corrected chi connectivity index (χ3v) is 2.95. The summed E-state index contributed by atoms with van der Waals surface area (Å²) >= 11 is 0. The van der Waals surface area contributed by atoms with E-state index in [4.69, 9.17) is 16.2 Å². The molecule has 0 aliphatic heterocycles. The van der Waals surface area contributed by atoms with Crippen molar-refractivity contribution in [1.29, 1.82) is 0 Å². The van der Waals surface area contributed by atoms with Crippen molar-refractivity contribution in [1.82, 2.24) is 0 Å². The van der Waals surface area contributed by atoms with Gasteiger partial charge in [0.2, 0.25) is 0 Å². The highest BCUT2D eigenvalue weighted by molar-refractivity contribution is 5.93. The molecule has 0 saturated heterocycles. The van der Waals surface area contributed by atoms with Crippen LogP contribution >= 0.6 is 0 Å². The predicted octanol–water partition coefficient (Wildman–Crippen LogP) is -0.425. The number of hydrogen-bond donors (Lipinski definition) is 2. The highest BCUT2D eigenvalue weighted by Gasteiger charge is 2.49. The number of Topliss-reactive ketones (excluding diaryl/α,β-unsaturated/α-hetero) is 1. The highest BCUT2D eigenvalue weighted by atomic mass is 16.5. The zero-order valence-corrected chi connectivity index (χ0v) is 8.99. The molecule has 4 N–H and O–H groups in total. The molecule has 86 valence electrons. The van der Waals surface area contributed by atoms with Gasteiger partial charge in [-0.05, 0) is 19.8 Å². The molecule has 5 nitrogen and oxygen atoms in total. The molecule has 0 radical (unpaired) electrons. The predicted molar refractivity (Wildman–Crippen MR) is 55.0 cm³/mol. The minimum Gasteiger partial charge on any atom is -0.465 e. The Bertz CT molecular complexity index is 267. The first-order valence-corrected chi connectivity index (χ1v) is 5.25. The fraction of sp³-hybridized carbons (Fsp3) is 0.800. The quantitative estimate of drug-likeness (QED) is 0.619. The maximum atomic E-state index is 11.7. The van der Waals surface area contributed by atoms with Crippen LogP contribution in [-0.4, -0.2) is 30.4 Å². The molecule has 2 unspecified atom stereocenters. The number of carbonyl (C=O) groups excluding carboxylic acids is 2. The van der Waals surface area contributed by atoms with Crippen LogP contribution in [0, 0.1) is 5.92 Å². The van der Waals surface area contributed by atoms with Gasteiger partial charge in [-0.3, -0.25) is 9.59 Å². The highest BCUT2D eigenvalue weighted by Crippen LogP contribution is 2.35. The van der Waals surface area contributed by atoms with E-state index in [-0.39, 0.29) is 18.9 Å². The molecule has 15 heavy (non-hydrogen) atoms. The first-order chi connectivity index (χ1) is 7.06. The van der Waals surface area contributed by atoms with E-state index in [1.54, 1.807) is 6.92 Å². The van der Waals surface area contributed by atoms with Gasteiger partial charge in [0.15, 0.2) is 5.78 Å². The number of ether oxygens (including phenoxy) is 1. The van der Waals surface area contributed by atoms with Crippen LogP contribution in [0.5, 0.6) is 0 Å². The number of ketones is 1. The number of rotatable bonds is 4. The standard InChI is InChI=1S/C10H18N2O3/c1-2-15-9(14)10(12)5-3-4-7(10)8(13)6-11/h7H,2-6,11-12H2,1H3. The third kappa shape index (κ3) is 2.18. The Morgan fingerprint density at radius 2 is 2.20 bits per heavy atom. The molecule has 1 rings (SSSR count). The van der Waals surface area contributed by atoms with Gasteiger partial charge in [0.05, 0.1) is 13.2 Å². The summed E-state index contributed by atoms with van der Waals surface area (Å²) in [6, 6.07) is 0. The van der Waals surface area contributed by atoms with Gasteiger partial charge < -0.3 is 16.2 Å². The molecule has 0 aromatic heterocycles. The topological polar surface area (TPSA) is 95.4 Å². The van der Waals surface area contributed by atoms with Crippen LogP contribution in [0.25, 0.3) is 0 Å². The average Bonchev–Trinajstić information content (AvgIpc) is 2.61. The molecule has 0 amide bonds. The lowest BCUT2D eigenvalue weighted by molar-refractivity contribution is -0.153. The molecular formula is C10H18N2O3. The number of nitrogens with two attached hydrogens (primary N) is 2. The van der Waals surface area contributed by atoms with Crippen molar-refractivity contribution < 1.29 is 14.3 Å². The smallest absolute Gasteiger partial charge is 0.326 e. The molecule has 0 heterocycles. The van der Waals surface area contributed by atoms with Crippen LogP contribution in [0.15, 0.2) is 0 Å². The Hall–Kier alpha value is -0.940. The van der Waals surface area contributed by atoms with Crippen molar-refractivity contribution in [3.8, 4) is 0 Å². The van der Waals surface area contributed by atoms with E-state index in [1.165, 1.54) is 0 Å². The van der Waals surface area contributed by atoms with E-state index in [0.717, 1.165) is 6.42 Å². The van der Waals surface area contributed by atoms with Gasteiger partial charge in [0.25, 0.3) is 0 Å². The largest absolute Gasteiger partial charge is 0.465 e. The number of carbonyl (C=O) groups is 2. The summed E-state index contributed by atoms with van der Waals surface area (Å²) < 4.78 is 4.90. The second-order valence-corrected chi connectivity index (χ2v) is 3.88. The van der Waals surface area contributed by atoms with E-state index >= 15 is 0 Å². The van der Waals surface area contributed by atoms with Gasteiger partial charge in [-0.1, -0.05) is 6.42 Å². The third-order valence-electron chi connectivity index (χ3n) is 2.95. The normalized spacial score (nSPS) is 30.2. The van der Waals surface area contributed by atoms with E-state index in [0.29, 0.717) is 12.8 Å². The van der Waals surface area contributed by atoms with Crippen molar-refractivity contribution in [2.75, 3.05) is 13.2 Å². The monoisotopic (exact) mass is 214 g/mol. The van der Waals surface area contributed by atoms with E-state index in [1.807, 2.05) is 0 Å². The van der Waals surface area contributed by atoms with Gasteiger partial charge in [-0.2, -0.15) is 0 Å². The second-order valence-electron chi connectivity index (χ2n) is 3.88. The Morgan fingerprint density at radius 3 is 2.73 bits per heavy atom. The minimum absolute atomic E-state index is 0.0664. The zero-order chi connectivity index (χ0) is 11.5. The Balaban J connectivity index is 2.81. The van der Waals surface area contributed by atoms with E-state index in [2.05, 4.69) is 0 Å². The molecule has 1 aliphatic rings. The molecule has 0 spiro atoms. The van der Waals surface area contributed by atoms with Crippen LogP contribution < -0.4 is 11.5 Å². The summed E-state index contributed by atoms with van der Waals surface area (Å²) in [6.45, 7) is 1.93. The van der Waals surface area contributed by atoms with Crippen molar-refractivity contribution in [2.24, 2.45) is 17.4 Å². The Kier molecular flexibility index (Phi) is 3.82. The van der Waals surface area contributed by atoms with E-state index in [9.17, 15) is 9.59 Å². The van der Waals surface area contributed by atoms with Crippen molar-refractivity contribution in [3.63, 3.8) is 0 Å². The van der Waals surface area contributed by atoms with Crippen LogP contribution in [0.2, 0.25) is 0 Å². The second kappa shape index (κ2) is 4.72. The van der Waals surface area contributed by atoms with Gasteiger partial charge in [0, 0.05) is 5.92 Å². The van der Waals surface area contributed by atoms with Gasteiger partial charge in [0.1, 0.15) is 5.54 Å². The summed E-state index contributed by atoms with van der Waals surface area (Å²) in [5, 5.41) is 0. The van der Waals surface area contributed by atoms with Crippen LogP contribution in [0.3, 0.4) is 0 Å². The Morgan fingerprint density at radius 1 is 1.53 bits per heavy atom. The maximum Gasteiger partial charge on any atom is 0.326 e. The fourth-order valence-corrected chi connectivity index (χ4v) is 2.13. The molecule has 1 aliphatic carbocycles. The molecule has 0 aromatic carbocycles. The van der Waals surface area contributed by atoms with Crippen molar-refractivity contribution in [3.05, 3.63) is 0 Å². The first-order valence-electron chi connectivity index (χ1n) is 5.25. The molecule has 5 heteroatoms. The van der Waals surface area contributed by atoms with Crippen LogP contribution in [0.1, 0.15) is 26.2 Å². The summed E-state index contributed by atoms with van der Waals surface area (Å²) in [6.07, 6.45) is 1.90. The van der Waals surface area contributed by atoms with Crippen LogP contribution in [-0.2, 0) is 14.3 Å². The molecule has 1 saturated carbocycles. The molecule has 0 aromatic rings. The molecule has 2 atom stereocenters. The number of hydrogen-bond acceptors (Lipinski definition) is 5. The summed E-state index contributed by atoms with van der Waals surface area (Å²) in [5.41, 5.74) is 10.1. The van der Waals surface area contributed by atoms with Gasteiger partial charge >= 0.3 is 5.97 Å². The minimum atomic E-state index is -1.15. The summed E-state index contributed by atoms with van der Waals surface area (Å²) in [5.74, 6) is -1.10. The average molecular weight is 214 g/mol. The van der Waals surface area contributed by atoms with Crippen LogP contribution in [0.4, 0.5) is 0 Å². The summed E-state index contributed by atoms with van der Waals surface area (Å²) in [4.78, 5) is 23.2. The fourth-order valence-electron chi connectivity index (χ4n) is 2.13. The lowest BCUT2D eigenvalue weighted by Gasteiger charge is -2.27. The molecular weight excluding hydrogens is 196 g/mol. The lowest BCUT2D eigenvalue weighted by atomic mass is 9.85. The van der Waals surface area contributed by atoms with Gasteiger partial charge in [-0.25, -0.2) is 0 Å². The maximum absolute atomic E-state index is 11.7. The van der Waals surface area contributed by atoms with Crippen molar-refractivity contribution in [2.45, 2.75) is 31.7 Å². The van der Waals surface area contributed by atoms with Gasteiger partial charge in [-0.15, -0.1) is 0 Å². The lowest BCUT2D eigenvalue weighted by Crippen LogP contribution is -2.55. The van der Waals surface area contributed by atoms with Crippen molar-refractivity contribution >= 4 is 11.8 Å². The molecule has 0 bridgehead atoms.